The van der Waals surface area contributed by atoms with Crippen LogP contribution in [0.1, 0.15) is 42.9 Å². The summed E-state index contributed by atoms with van der Waals surface area (Å²) in [7, 11) is 0. The van der Waals surface area contributed by atoms with Gasteiger partial charge in [0, 0.05) is 24.9 Å². The molecule has 5 nitrogen and oxygen atoms in total. The van der Waals surface area contributed by atoms with Gasteiger partial charge < -0.3 is 0 Å². The lowest BCUT2D eigenvalue weighted by Crippen LogP contribution is -2.31. The van der Waals surface area contributed by atoms with Crippen molar-refractivity contribution in [3.8, 4) is 0 Å². The molecular weight excluding hydrogens is 238 g/mol. The van der Waals surface area contributed by atoms with E-state index in [1.165, 1.54) is 0 Å². The standard InChI is InChI=1S/C14H21N5/c1-10(2)19-8-6-12(18-19)9-13(17-15)14-11(3)5-4-7-16-14/h4-8,10,13,17H,9,15H2,1-3H3. The normalized spacial score (nSPS) is 12.9. The van der Waals surface area contributed by atoms with Gasteiger partial charge in [0.05, 0.1) is 17.4 Å². The number of hydrogen-bond acceptors (Lipinski definition) is 4. The number of hydrazine groups is 1. The fourth-order valence-corrected chi connectivity index (χ4v) is 2.08. The van der Waals surface area contributed by atoms with E-state index in [-0.39, 0.29) is 6.04 Å². The van der Waals surface area contributed by atoms with Crippen LogP contribution < -0.4 is 11.3 Å². The Hall–Kier alpha value is -1.72. The van der Waals surface area contributed by atoms with Crippen LogP contribution >= 0.6 is 0 Å². The van der Waals surface area contributed by atoms with Gasteiger partial charge in [0.1, 0.15) is 0 Å². The first kappa shape index (κ1) is 13.7. The highest BCUT2D eigenvalue weighted by Gasteiger charge is 2.15. The smallest absolute Gasteiger partial charge is 0.0690 e. The van der Waals surface area contributed by atoms with Crippen LogP contribution in [0.2, 0.25) is 0 Å². The molecule has 0 spiro atoms. The van der Waals surface area contributed by atoms with E-state index in [1.54, 1.807) is 6.20 Å². The second-order valence-corrected chi connectivity index (χ2v) is 5.01. The molecule has 19 heavy (non-hydrogen) atoms. The Labute approximate surface area is 113 Å². The Morgan fingerprint density at radius 3 is 2.74 bits per heavy atom. The molecule has 0 fully saturated rings. The predicted molar refractivity (Wildman–Crippen MR) is 75.4 cm³/mol. The zero-order valence-electron chi connectivity index (χ0n) is 11.7. The highest BCUT2D eigenvalue weighted by atomic mass is 15.3. The molecule has 0 aromatic carbocycles. The van der Waals surface area contributed by atoms with Crippen LogP contribution in [-0.4, -0.2) is 14.8 Å². The van der Waals surface area contributed by atoms with Crippen molar-refractivity contribution >= 4 is 0 Å². The van der Waals surface area contributed by atoms with Crippen molar-refractivity contribution in [1.82, 2.24) is 20.2 Å². The van der Waals surface area contributed by atoms with Gasteiger partial charge in [-0.05, 0) is 38.5 Å². The van der Waals surface area contributed by atoms with E-state index in [2.05, 4.69) is 29.4 Å². The van der Waals surface area contributed by atoms with Gasteiger partial charge in [-0.15, -0.1) is 0 Å². The molecule has 2 aromatic heterocycles. The number of nitrogens with two attached hydrogens (primary N) is 1. The van der Waals surface area contributed by atoms with Crippen LogP contribution in [0.25, 0.3) is 0 Å². The molecule has 3 N–H and O–H groups in total. The minimum Gasteiger partial charge on any atom is -0.271 e. The van der Waals surface area contributed by atoms with Crippen molar-refractivity contribution in [2.45, 2.75) is 39.3 Å². The summed E-state index contributed by atoms with van der Waals surface area (Å²) in [6.45, 7) is 6.26. The SMILES string of the molecule is Cc1cccnc1C(Cc1ccn(C(C)C)n1)NN. The predicted octanol–water partition coefficient (Wildman–Crippen LogP) is 1.91. The number of nitrogens with zero attached hydrogens (tertiary/aromatic N) is 3. The maximum Gasteiger partial charge on any atom is 0.0690 e. The van der Waals surface area contributed by atoms with Crippen molar-refractivity contribution in [2.24, 2.45) is 5.84 Å². The van der Waals surface area contributed by atoms with Crippen LogP contribution in [0.15, 0.2) is 30.6 Å². The third kappa shape index (κ3) is 3.19. The number of aryl methyl sites for hydroxylation is 1. The van der Waals surface area contributed by atoms with Crippen molar-refractivity contribution in [1.29, 1.82) is 0 Å². The Balaban J connectivity index is 2.17. The monoisotopic (exact) mass is 259 g/mol. The number of nitrogens with one attached hydrogen (secondary N) is 1. The largest absolute Gasteiger partial charge is 0.271 e. The fraction of sp³-hybridized carbons (Fsp3) is 0.429. The lowest BCUT2D eigenvalue weighted by atomic mass is 10.0. The molecule has 0 aliphatic heterocycles. The molecule has 0 aliphatic carbocycles. The Kier molecular flexibility index (Phi) is 4.29. The zero-order chi connectivity index (χ0) is 13.8. The molecule has 2 heterocycles. The highest BCUT2D eigenvalue weighted by Crippen LogP contribution is 2.18. The van der Waals surface area contributed by atoms with Crippen LogP contribution in [-0.2, 0) is 6.42 Å². The summed E-state index contributed by atoms with van der Waals surface area (Å²) in [6.07, 6.45) is 4.52. The van der Waals surface area contributed by atoms with Crippen LogP contribution in [0.3, 0.4) is 0 Å². The lowest BCUT2D eigenvalue weighted by Gasteiger charge is -2.16. The van der Waals surface area contributed by atoms with E-state index in [0.717, 1.165) is 23.4 Å². The molecular formula is C14H21N5. The molecule has 2 aromatic rings. The molecule has 0 radical (unpaired) electrons. The zero-order valence-corrected chi connectivity index (χ0v) is 11.7. The third-order valence-corrected chi connectivity index (χ3v) is 3.19. The third-order valence-electron chi connectivity index (χ3n) is 3.19. The van der Waals surface area contributed by atoms with Gasteiger partial charge in [-0.1, -0.05) is 6.07 Å². The van der Waals surface area contributed by atoms with Gasteiger partial charge in [-0.3, -0.25) is 20.9 Å². The fourth-order valence-electron chi connectivity index (χ4n) is 2.08. The van der Waals surface area contributed by atoms with Crippen LogP contribution in [0.5, 0.6) is 0 Å². The summed E-state index contributed by atoms with van der Waals surface area (Å²) in [5, 5.41) is 4.55. The minimum atomic E-state index is -0.0169. The maximum absolute atomic E-state index is 5.66. The van der Waals surface area contributed by atoms with E-state index in [4.69, 9.17) is 5.84 Å². The molecule has 5 heteroatoms. The molecule has 1 atom stereocenters. The summed E-state index contributed by atoms with van der Waals surface area (Å²) in [5.74, 6) is 5.66. The Morgan fingerprint density at radius 1 is 1.37 bits per heavy atom. The van der Waals surface area contributed by atoms with E-state index in [0.29, 0.717) is 6.04 Å². The number of rotatable bonds is 5. The van der Waals surface area contributed by atoms with E-state index < -0.39 is 0 Å². The summed E-state index contributed by atoms with van der Waals surface area (Å²) in [6, 6.07) is 6.35. The van der Waals surface area contributed by atoms with Crippen LogP contribution in [0.4, 0.5) is 0 Å². The average molecular weight is 259 g/mol. The van der Waals surface area contributed by atoms with Gasteiger partial charge in [0.25, 0.3) is 0 Å². The van der Waals surface area contributed by atoms with Crippen molar-refractivity contribution in [3.05, 3.63) is 47.5 Å². The summed E-state index contributed by atoms with van der Waals surface area (Å²) in [4.78, 5) is 4.41. The Bertz CT molecular complexity index is 532. The number of pyridine rings is 1. The molecule has 2 rings (SSSR count). The number of aromatic nitrogens is 3. The Morgan fingerprint density at radius 2 is 2.16 bits per heavy atom. The molecule has 0 saturated heterocycles. The summed E-state index contributed by atoms with van der Waals surface area (Å²) in [5.41, 5.74) is 5.96. The van der Waals surface area contributed by atoms with Gasteiger partial charge in [0.15, 0.2) is 0 Å². The van der Waals surface area contributed by atoms with E-state index >= 15 is 0 Å². The lowest BCUT2D eigenvalue weighted by molar-refractivity contribution is 0.501. The molecule has 0 saturated carbocycles. The highest BCUT2D eigenvalue weighted by molar-refractivity contribution is 5.22. The molecule has 0 bridgehead atoms. The second kappa shape index (κ2) is 5.95. The quantitative estimate of drug-likeness (QED) is 0.636. The van der Waals surface area contributed by atoms with Gasteiger partial charge in [-0.25, -0.2) is 0 Å². The summed E-state index contributed by atoms with van der Waals surface area (Å²) >= 11 is 0. The van der Waals surface area contributed by atoms with Gasteiger partial charge >= 0.3 is 0 Å². The molecule has 102 valence electrons. The molecule has 0 amide bonds. The molecule has 0 aliphatic rings. The first-order valence-corrected chi connectivity index (χ1v) is 6.53. The second-order valence-electron chi connectivity index (χ2n) is 5.01. The maximum atomic E-state index is 5.66. The van der Waals surface area contributed by atoms with Crippen LogP contribution in [0, 0.1) is 6.92 Å². The topological polar surface area (TPSA) is 68.8 Å². The average Bonchev–Trinajstić information content (AvgIpc) is 2.86. The minimum absolute atomic E-state index is 0.0169. The van der Waals surface area contributed by atoms with Gasteiger partial charge in [-0.2, -0.15) is 5.10 Å². The summed E-state index contributed by atoms with van der Waals surface area (Å²) < 4.78 is 1.95. The van der Waals surface area contributed by atoms with E-state index in [9.17, 15) is 0 Å². The van der Waals surface area contributed by atoms with Gasteiger partial charge in [0.2, 0.25) is 0 Å². The first-order chi connectivity index (χ1) is 9.11. The van der Waals surface area contributed by atoms with Crippen molar-refractivity contribution in [3.63, 3.8) is 0 Å². The number of hydrogen-bond donors (Lipinski definition) is 2. The van der Waals surface area contributed by atoms with E-state index in [1.807, 2.05) is 36.0 Å². The van der Waals surface area contributed by atoms with Crippen molar-refractivity contribution < 1.29 is 0 Å². The first-order valence-electron chi connectivity index (χ1n) is 6.53. The molecule has 1 unspecified atom stereocenters. The van der Waals surface area contributed by atoms with Crippen molar-refractivity contribution in [2.75, 3.05) is 0 Å².